The van der Waals surface area contributed by atoms with Crippen LogP contribution in [0.1, 0.15) is 57.7 Å². The van der Waals surface area contributed by atoms with Gasteiger partial charge in [-0.05, 0) is 12.3 Å². The number of rotatable bonds is 8. The van der Waals surface area contributed by atoms with Crippen LogP contribution in [0.3, 0.4) is 0 Å². The molecule has 0 saturated heterocycles. The van der Waals surface area contributed by atoms with E-state index in [1.54, 1.807) is 11.8 Å². The minimum atomic E-state index is -0.484. The van der Waals surface area contributed by atoms with Gasteiger partial charge in [-0.25, -0.2) is 4.68 Å². The quantitative estimate of drug-likeness (QED) is 0.775. The molecule has 2 atom stereocenters. The predicted molar refractivity (Wildman–Crippen MR) is 72.6 cm³/mol. The van der Waals surface area contributed by atoms with Crippen molar-refractivity contribution >= 4 is 0 Å². The summed E-state index contributed by atoms with van der Waals surface area (Å²) < 4.78 is 6.82. The van der Waals surface area contributed by atoms with Crippen LogP contribution in [-0.2, 0) is 7.05 Å². The third-order valence-electron chi connectivity index (χ3n) is 3.51. The molecule has 0 spiro atoms. The Bertz CT molecular complexity index is 350. The SMILES string of the molecule is CCCCC(CC)CC(O)c1cc(OC)n(C)n1. The molecule has 0 amide bonds. The van der Waals surface area contributed by atoms with Gasteiger partial charge in [-0.1, -0.05) is 39.5 Å². The molecule has 104 valence electrons. The normalized spacial score (nSPS) is 14.5. The van der Waals surface area contributed by atoms with Gasteiger partial charge < -0.3 is 9.84 Å². The molecule has 0 bridgehead atoms. The van der Waals surface area contributed by atoms with E-state index in [4.69, 9.17) is 4.74 Å². The van der Waals surface area contributed by atoms with Gasteiger partial charge in [0, 0.05) is 13.1 Å². The van der Waals surface area contributed by atoms with Gasteiger partial charge in [-0.2, -0.15) is 5.10 Å². The monoisotopic (exact) mass is 254 g/mol. The lowest BCUT2D eigenvalue weighted by Crippen LogP contribution is -2.08. The summed E-state index contributed by atoms with van der Waals surface area (Å²) in [6.45, 7) is 4.39. The van der Waals surface area contributed by atoms with Gasteiger partial charge >= 0.3 is 0 Å². The smallest absolute Gasteiger partial charge is 0.211 e. The van der Waals surface area contributed by atoms with Crippen molar-refractivity contribution in [2.45, 2.75) is 52.1 Å². The number of nitrogens with zero attached hydrogens (tertiary/aromatic N) is 2. The Hall–Kier alpha value is -1.03. The zero-order valence-electron chi connectivity index (χ0n) is 12.0. The van der Waals surface area contributed by atoms with Crippen molar-refractivity contribution in [1.82, 2.24) is 9.78 Å². The van der Waals surface area contributed by atoms with Crippen molar-refractivity contribution in [2.24, 2.45) is 13.0 Å². The molecule has 1 N–H and O–H groups in total. The zero-order chi connectivity index (χ0) is 13.5. The van der Waals surface area contributed by atoms with Gasteiger partial charge in [-0.15, -0.1) is 0 Å². The number of aliphatic hydroxyl groups excluding tert-OH is 1. The van der Waals surface area contributed by atoms with Gasteiger partial charge in [0.2, 0.25) is 5.88 Å². The molecule has 1 rings (SSSR count). The summed E-state index contributed by atoms with van der Waals surface area (Å²) in [7, 11) is 3.44. The Morgan fingerprint density at radius 3 is 2.67 bits per heavy atom. The molecule has 0 radical (unpaired) electrons. The maximum atomic E-state index is 10.2. The molecule has 1 aromatic rings. The maximum absolute atomic E-state index is 10.2. The lowest BCUT2D eigenvalue weighted by Gasteiger charge is -2.17. The van der Waals surface area contributed by atoms with Gasteiger partial charge in [0.15, 0.2) is 0 Å². The maximum Gasteiger partial charge on any atom is 0.211 e. The van der Waals surface area contributed by atoms with E-state index >= 15 is 0 Å². The first kappa shape index (κ1) is 15.0. The summed E-state index contributed by atoms with van der Waals surface area (Å²) in [4.78, 5) is 0. The Kier molecular flexibility index (Phi) is 6.19. The largest absolute Gasteiger partial charge is 0.481 e. The van der Waals surface area contributed by atoms with Crippen LogP contribution in [0.15, 0.2) is 6.07 Å². The molecule has 4 heteroatoms. The van der Waals surface area contributed by atoms with Crippen LogP contribution < -0.4 is 4.74 Å². The summed E-state index contributed by atoms with van der Waals surface area (Å²) in [5.74, 6) is 1.26. The molecule has 0 aliphatic heterocycles. The van der Waals surface area contributed by atoms with E-state index in [2.05, 4.69) is 18.9 Å². The van der Waals surface area contributed by atoms with Gasteiger partial charge in [0.25, 0.3) is 0 Å². The summed E-state index contributed by atoms with van der Waals surface area (Å²) in [5.41, 5.74) is 0.712. The highest BCUT2D eigenvalue weighted by Crippen LogP contribution is 2.27. The second kappa shape index (κ2) is 7.41. The van der Waals surface area contributed by atoms with E-state index in [9.17, 15) is 5.11 Å². The fraction of sp³-hybridized carbons (Fsp3) is 0.786. The van der Waals surface area contributed by atoms with Crippen LogP contribution in [0.4, 0.5) is 0 Å². The van der Waals surface area contributed by atoms with E-state index in [0.29, 0.717) is 17.5 Å². The van der Waals surface area contributed by atoms with E-state index < -0.39 is 6.10 Å². The number of aromatic nitrogens is 2. The first-order valence-corrected chi connectivity index (χ1v) is 6.88. The van der Waals surface area contributed by atoms with E-state index in [0.717, 1.165) is 12.8 Å². The highest BCUT2D eigenvalue weighted by Gasteiger charge is 2.18. The van der Waals surface area contributed by atoms with Crippen molar-refractivity contribution in [3.8, 4) is 5.88 Å². The number of hydrogen-bond donors (Lipinski definition) is 1. The van der Waals surface area contributed by atoms with Crippen molar-refractivity contribution in [2.75, 3.05) is 7.11 Å². The zero-order valence-corrected chi connectivity index (χ0v) is 12.0. The van der Waals surface area contributed by atoms with Crippen LogP contribution >= 0.6 is 0 Å². The molecule has 0 saturated carbocycles. The summed E-state index contributed by atoms with van der Waals surface area (Å²) >= 11 is 0. The van der Waals surface area contributed by atoms with Crippen molar-refractivity contribution < 1.29 is 9.84 Å². The molecule has 0 aliphatic rings. The van der Waals surface area contributed by atoms with Gasteiger partial charge in [0.05, 0.1) is 18.9 Å². The fourth-order valence-corrected chi connectivity index (χ4v) is 2.24. The second-order valence-corrected chi connectivity index (χ2v) is 4.90. The molecular weight excluding hydrogens is 228 g/mol. The average Bonchev–Trinajstić information content (AvgIpc) is 2.75. The van der Waals surface area contributed by atoms with Crippen molar-refractivity contribution in [3.63, 3.8) is 0 Å². The average molecular weight is 254 g/mol. The predicted octanol–water partition coefficient (Wildman–Crippen LogP) is 3.07. The lowest BCUT2D eigenvalue weighted by molar-refractivity contribution is 0.134. The molecule has 1 aromatic heterocycles. The number of ether oxygens (including phenoxy) is 1. The minimum absolute atomic E-state index is 0.484. The second-order valence-electron chi connectivity index (χ2n) is 4.90. The Labute approximate surface area is 110 Å². The third-order valence-corrected chi connectivity index (χ3v) is 3.51. The number of unbranched alkanes of at least 4 members (excludes halogenated alkanes) is 1. The van der Waals surface area contributed by atoms with Crippen LogP contribution in [0, 0.1) is 5.92 Å². The number of aryl methyl sites for hydroxylation is 1. The van der Waals surface area contributed by atoms with Crippen molar-refractivity contribution in [1.29, 1.82) is 0 Å². The molecular formula is C14H26N2O2. The van der Waals surface area contributed by atoms with Gasteiger partial charge in [-0.3, -0.25) is 0 Å². The molecule has 1 heterocycles. The Morgan fingerprint density at radius 2 is 2.17 bits per heavy atom. The number of methoxy groups -OCH3 is 1. The lowest BCUT2D eigenvalue weighted by atomic mass is 9.92. The van der Waals surface area contributed by atoms with Crippen molar-refractivity contribution in [3.05, 3.63) is 11.8 Å². The summed E-state index contributed by atoms with van der Waals surface area (Å²) in [5, 5.41) is 14.5. The first-order valence-electron chi connectivity index (χ1n) is 6.88. The molecule has 4 nitrogen and oxygen atoms in total. The molecule has 18 heavy (non-hydrogen) atoms. The Balaban J connectivity index is 2.59. The fourth-order valence-electron chi connectivity index (χ4n) is 2.24. The van der Waals surface area contributed by atoms with E-state index in [1.807, 2.05) is 13.1 Å². The molecule has 2 unspecified atom stereocenters. The number of hydrogen-bond acceptors (Lipinski definition) is 3. The van der Waals surface area contributed by atoms with E-state index in [1.165, 1.54) is 19.3 Å². The standard InChI is InChI=1S/C14H26N2O2/c1-5-7-8-11(6-2)9-13(17)12-10-14(18-4)16(3)15-12/h10-11,13,17H,5-9H2,1-4H3. The molecule has 0 fully saturated rings. The molecule has 0 aromatic carbocycles. The van der Waals surface area contributed by atoms with Gasteiger partial charge in [0.1, 0.15) is 0 Å². The summed E-state index contributed by atoms with van der Waals surface area (Å²) in [6, 6.07) is 1.82. The summed E-state index contributed by atoms with van der Waals surface area (Å²) in [6.07, 6.45) is 5.05. The minimum Gasteiger partial charge on any atom is -0.481 e. The Morgan fingerprint density at radius 1 is 1.44 bits per heavy atom. The highest BCUT2D eigenvalue weighted by atomic mass is 16.5. The number of aliphatic hydroxyl groups is 1. The van der Waals surface area contributed by atoms with Crippen LogP contribution in [0.25, 0.3) is 0 Å². The van der Waals surface area contributed by atoms with Crippen LogP contribution in [0.2, 0.25) is 0 Å². The first-order chi connectivity index (χ1) is 8.62. The highest BCUT2D eigenvalue weighted by molar-refractivity contribution is 5.17. The third kappa shape index (κ3) is 4.02. The van der Waals surface area contributed by atoms with Crippen LogP contribution in [0.5, 0.6) is 5.88 Å². The molecule has 0 aliphatic carbocycles. The van der Waals surface area contributed by atoms with Crippen LogP contribution in [-0.4, -0.2) is 22.0 Å². The van der Waals surface area contributed by atoms with E-state index in [-0.39, 0.29) is 0 Å². The topological polar surface area (TPSA) is 47.3 Å².